The third-order valence-corrected chi connectivity index (χ3v) is 4.14. The zero-order chi connectivity index (χ0) is 20.6. The number of carbonyl (C=O) groups is 1. The van der Waals surface area contributed by atoms with E-state index in [4.69, 9.17) is 14.2 Å². The molecule has 150 valence electrons. The Kier molecular flexibility index (Phi) is 6.47. The normalized spacial score (nSPS) is 10.2. The van der Waals surface area contributed by atoms with Gasteiger partial charge >= 0.3 is 0 Å². The fraction of sp³-hybridized carbons (Fsp3) is 0.190. The van der Waals surface area contributed by atoms with Crippen molar-refractivity contribution >= 4 is 17.5 Å². The van der Waals surface area contributed by atoms with Crippen molar-refractivity contribution in [2.24, 2.45) is 0 Å². The molecule has 8 nitrogen and oxygen atoms in total. The maximum Gasteiger partial charge on any atom is 0.274 e. The Labute approximate surface area is 168 Å². The Morgan fingerprint density at radius 3 is 2.45 bits per heavy atom. The Hall–Kier alpha value is -3.81. The molecule has 0 aliphatic carbocycles. The minimum Gasteiger partial charge on any atom is -0.495 e. The van der Waals surface area contributed by atoms with Crippen molar-refractivity contribution in [2.45, 2.75) is 6.54 Å². The summed E-state index contributed by atoms with van der Waals surface area (Å²) in [5.74, 6) is 1.85. The highest BCUT2D eigenvalue weighted by atomic mass is 16.5. The van der Waals surface area contributed by atoms with Crippen LogP contribution >= 0.6 is 0 Å². The molecule has 0 bridgehead atoms. The second-order valence-electron chi connectivity index (χ2n) is 5.96. The molecule has 0 radical (unpaired) electrons. The van der Waals surface area contributed by atoms with E-state index in [1.54, 1.807) is 39.5 Å². The number of anilines is 2. The summed E-state index contributed by atoms with van der Waals surface area (Å²) in [5.41, 5.74) is 1.76. The van der Waals surface area contributed by atoms with Gasteiger partial charge in [0.2, 0.25) is 5.95 Å². The Balaban J connectivity index is 1.68. The molecule has 0 saturated carbocycles. The van der Waals surface area contributed by atoms with Crippen LogP contribution in [0.1, 0.15) is 16.1 Å². The van der Waals surface area contributed by atoms with E-state index in [1.807, 2.05) is 30.3 Å². The van der Waals surface area contributed by atoms with E-state index in [2.05, 4.69) is 20.6 Å². The lowest BCUT2D eigenvalue weighted by molar-refractivity contribution is 0.102. The second kappa shape index (κ2) is 9.41. The molecular formula is C21H22N4O4. The van der Waals surface area contributed by atoms with E-state index in [-0.39, 0.29) is 11.6 Å². The third kappa shape index (κ3) is 4.92. The molecule has 0 aliphatic rings. The average Bonchev–Trinajstić information content (AvgIpc) is 2.78. The van der Waals surface area contributed by atoms with Crippen LogP contribution < -0.4 is 24.8 Å². The molecule has 0 unspecified atom stereocenters. The molecule has 0 fully saturated rings. The topological polar surface area (TPSA) is 94.6 Å². The summed E-state index contributed by atoms with van der Waals surface area (Å²) in [5, 5.41) is 5.90. The maximum absolute atomic E-state index is 12.5. The summed E-state index contributed by atoms with van der Waals surface area (Å²) in [4.78, 5) is 21.0. The minimum absolute atomic E-state index is 0.237. The van der Waals surface area contributed by atoms with Crippen LogP contribution in [0.3, 0.4) is 0 Å². The number of hydrogen-bond acceptors (Lipinski definition) is 7. The number of aromatic nitrogens is 2. The van der Waals surface area contributed by atoms with E-state index >= 15 is 0 Å². The SMILES string of the molecule is COc1ccccc1NC(=O)c1ccnc(NCc2ccc(OC)c(OC)c2)n1. The van der Waals surface area contributed by atoms with Gasteiger partial charge in [-0.1, -0.05) is 18.2 Å². The minimum atomic E-state index is -0.355. The summed E-state index contributed by atoms with van der Waals surface area (Å²) in [6.45, 7) is 0.456. The van der Waals surface area contributed by atoms with Gasteiger partial charge in [-0.2, -0.15) is 0 Å². The Bertz CT molecular complexity index is 994. The molecule has 1 amide bonds. The summed E-state index contributed by atoms with van der Waals surface area (Å²) >= 11 is 0. The van der Waals surface area contributed by atoms with Gasteiger partial charge in [-0.05, 0) is 35.9 Å². The molecule has 8 heteroatoms. The number of amides is 1. The smallest absolute Gasteiger partial charge is 0.274 e. The number of ether oxygens (including phenoxy) is 3. The third-order valence-electron chi connectivity index (χ3n) is 4.14. The molecule has 29 heavy (non-hydrogen) atoms. The van der Waals surface area contributed by atoms with Crippen LogP contribution in [0.5, 0.6) is 17.2 Å². The highest BCUT2D eigenvalue weighted by molar-refractivity contribution is 6.03. The van der Waals surface area contributed by atoms with Crippen LogP contribution in [-0.4, -0.2) is 37.2 Å². The lowest BCUT2D eigenvalue weighted by Gasteiger charge is -2.11. The fourth-order valence-electron chi connectivity index (χ4n) is 2.68. The number of methoxy groups -OCH3 is 3. The molecule has 2 aromatic carbocycles. The molecule has 0 spiro atoms. The molecule has 3 aromatic rings. The number of nitrogens with one attached hydrogen (secondary N) is 2. The summed E-state index contributed by atoms with van der Waals surface area (Å²) in [7, 11) is 4.72. The predicted molar refractivity (Wildman–Crippen MR) is 110 cm³/mol. The first-order valence-corrected chi connectivity index (χ1v) is 8.86. The molecule has 3 rings (SSSR count). The van der Waals surface area contributed by atoms with Gasteiger partial charge in [0.25, 0.3) is 5.91 Å². The summed E-state index contributed by atoms with van der Waals surface area (Å²) in [6.07, 6.45) is 1.53. The molecule has 1 heterocycles. The first-order chi connectivity index (χ1) is 14.1. The van der Waals surface area contributed by atoms with Gasteiger partial charge in [0, 0.05) is 12.7 Å². The van der Waals surface area contributed by atoms with Crippen molar-refractivity contribution in [3.63, 3.8) is 0 Å². The van der Waals surface area contributed by atoms with E-state index in [1.165, 1.54) is 6.20 Å². The van der Waals surface area contributed by atoms with Crippen LogP contribution in [0.15, 0.2) is 54.7 Å². The van der Waals surface area contributed by atoms with E-state index in [9.17, 15) is 4.79 Å². The Morgan fingerprint density at radius 1 is 0.931 bits per heavy atom. The highest BCUT2D eigenvalue weighted by Gasteiger charge is 2.12. The standard InChI is InChI=1S/C21H22N4O4/c1-27-17-7-5-4-6-15(17)24-20(26)16-10-11-22-21(25-16)23-13-14-8-9-18(28-2)19(12-14)29-3/h4-12H,13H2,1-3H3,(H,24,26)(H,22,23,25). The second-order valence-corrected chi connectivity index (χ2v) is 5.96. The van der Waals surface area contributed by atoms with Gasteiger partial charge in [0.05, 0.1) is 27.0 Å². The van der Waals surface area contributed by atoms with E-state index < -0.39 is 0 Å². The number of hydrogen-bond donors (Lipinski definition) is 2. The molecule has 2 N–H and O–H groups in total. The van der Waals surface area contributed by atoms with Crippen LogP contribution in [0.25, 0.3) is 0 Å². The van der Waals surface area contributed by atoms with Gasteiger partial charge in [-0.25, -0.2) is 9.97 Å². The fourth-order valence-corrected chi connectivity index (χ4v) is 2.68. The molecule has 0 aliphatic heterocycles. The average molecular weight is 394 g/mol. The number of carbonyl (C=O) groups excluding carboxylic acids is 1. The maximum atomic E-state index is 12.5. The highest BCUT2D eigenvalue weighted by Crippen LogP contribution is 2.27. The predicted octanol–water partition coefficient (Wildman–Crippen LogP) is 3.37. The van der Waals surface area contributed by atoms with Gasteiger partial charge < -0.3 is 24.8 Å². The molecule has 0 saturated heterocycles. The lowest BCUT2D eigenvalue weighted by atomic mass is 10.2. The molecule has 0 atom stereocenters. The number of benzene rings is 2. The van der Waals surface area contributed by atoms with Crippen molar-refractivity contribution in [1.29, 1.82) is 0 Å². The monoisotopic (exact) mass is 394 g/mol. The zero-order valence-corrected chi connectivity index (χ0v) is 16.4. The van der Waals surface area contributed by atoms with Gasteiger partial charge in [-0.15, -0.1) is 0 Å². The largest absolute Gasteiger partial charge is 0.495 e. The number of para-hydroxylation sites is 2. The van der Waals surface area contributed by atoms with E-state index in [0.29, 0.717) is 35.4 Å². The van der Waals surface area contributed by atoms with Gasteiger partial charge in [0.15, 0.2) is 11.5 Å². The van der Waals surface area contributed by atoms with Crippen LogP contribution in [0, 0.1) is 0 Å². The van der Waals surface area contributed by atoms with Crippen LogP contribution in [0.4, 0.5) is 11.6 Å². The van der Waals surface area contributed by atoms with Crippen molar-refractivity contribution < 1.29 is 19.0 Å². The Morgan fingerprint density at radius 2 is 1.69 bits per heavy atom. The summed E-state index contributed by atoms with van der Waals surface area (Å²) in [6, 6.07) is 14.3. The number of nitrogens with zero attached hydrogens (tertiary/aromatic N) is 2. The molecular weight excluding hydrogens is 372 g/mol. The van der Waals surface area contributed by atoms with Crippen molar-refractivity contribution in [2.75, 3.05) is 32.0 Å². The van der Waals surface area contributed by atoms with Crippen molar-refractivity contribution in [3.8, 4) is 17.2 Å². The van der Waals surface area contributed by atoms with Crippen LogP contribution in [-0.2, 0) is 6.54 Å². The van der Waals surface area contributed by atoms with Gasteiger partial charge in [0.1, 0.15) is 11.4 Å². The van der Waals surface area contributed by atoms with Crippen molar-refractivity contribution in [1.82, 2.24) is 9.97 Å². The number of rotatable bonds is 8. The first-order valence-electron chi connectivity index (χ1n) is 8.86. The summed E-state index contributed by atoms with van der Waals surface area (Å²) < 4.78 is 15.8. The first kappa shape index (κ1) is 19.9. The lowest BCUT2D eigenvalue weighted by Crippen LogP contribution is -2.15. The quantitative estimate of drug-likeness (QED) is 0.605. The molecule has 1 aromatic heterocycles. The zero-order valence-electron chi connectivity index (χ0n) is 16.4. The van der Waals surface area contributed by atoms with Crippen LogP contribution in [0.2, 0.25) is 0 Å². The van der Waals surface area contributed by atoms with Gasteiger partial charge in [-0.3, -0.25) is 4.79 Å². The van der Waals surface area contributed by atoms with Crippen molar-refractivity contribution in [3.05, 3.63) is 66.0 Å². The van der Waals surface area contributed by atoms with E-state index in [0.717, 1.165) is 5.56 Å².